The number of benzene rings is 1. The average molecular weight is 303 g/mol. The van der Waals surface area contributed by atoms with Gasteiger partial charge < -0.3 is 5.32 Å². The second-order valence-electron chi connectivity index (χ2n) is 4.49. The van der Waals surface area contributed by atoms with E-state index in [-0.39, 0.29) is 0 Å². The molecule has 0 unspecified atom stereocenters. The van der Waals surface area contributed by atoms with Crippen LogP contribution in [0.3, 0.4) is 0 Å². The first-order chi connectivity index (χ1) is 7.77. The molecule has 0 bridgehead atoms. The predicted octanol–water partition coefficient (Wildman–Crippen LogP) is 5.09. The summed E-state index contributed by atoms with van der Waals surface area (Å²) in [5.41, 5.74) is 1.11. The van der Waals surface area contributed by atoms with Gasteiger partial charge in [-0.3, -0.25) is 0 Å². The highest BCUT2D eigenvalue weighted by Gasteiger charge is 2.13. The van der Waals surface area contributed by atoms with Crippen LogP contribution in [0.5, 0.6) is 0 Å². The molecule has 0 radical (unpaired) electrons. The van der Waals surface area contributed by atoms with E-state index in [0.29, 0.717) is 0 Å². The van der Waals surface area contributed by atoms with Crippen LogP contribution >= 0.6 is 27.5 Å². The van der Waals surface area contributed by atoms with Gasteiger partial charge >= 0.3 is 0 Å². The third-order valence-corrected chi connectivity index (χ3v) is 4.66. The molecule has 1 aromatic carbocycles. The van der Waals surface area contributed by atoms with Gasteiger partial charge in [0.05, 0.1) is 9.50 Å². The van der Waals surface area contributed by atoms with Crippen LogP contribution in [0.2, 0.25) is 5.02 Å². The van der Waals surface area contributed by atoms with Gasteiger partial charge in [-0.15, -0.1) is 0 Å². The quantitative estimate of drug-likeness (QED) is 0.819. The topological polar surface area (TPSA) is 12.0 Å². The molecule has 0 spiro atoms. The van der Waals surface area contributed by atoms with E-state index in [1.54, 1.807) is 0 Å². The van der Waals surface area contributed by atoms with Gasteiger partial charge in [0.15, 0.2) is 0 Å². The fourth-order valence-electron chi connectivity index (χ4n) is 2.29. The zero-order valence-electron chi connectivity index (χ0n) is 9.31. The molecule has 1 nitrogen and oxygen atoms in total. The lowest BCUT2D eigenvalue weighted by atomic mass is 9.89. The Morgan fingerprint density at radius 2 is 2.00 bits per heavy atom. The van der Waals surface area contributed by atoms with E-state index >= 15 is 0 Å². The van der Waals surface area contributed by atoms with E-state index in [0.717, 1.165) is 27.6 Å². The molecule has 0 saturated heterocycles. The van der Waals surface area contributed by atoms with Crippen molar-refractivity contribution in [1.82, 2.24) is 0 Å². The third kappa shape index (κ3) is 3.14. The molecule has 3 heteroatoms. The molecule has 0 aliphatic heterocycles. The Morgan fingerprint density at radius 1 is 1.25 bits per heavy atom. The molecule has 0 heterocycles. The smallest absolute Gasteiger partial charge is 0.0593 e. The number of halogens is 2. The SMILES string of the molecule is Clc1cccc(NCC2CCCCC2)c1Br. The standard InChI is InChI=1S/C13H17BrClN/c14-13-11(15)7-4-8-12(13)16-9-10-5-2-1-3-6-10/h4,7-8,10,16H,1-3,5-6,9H2. The molecule has 0 aromatic heterocycles. The molecule has 1 fully saturated rings. The number of nitrogens with one attached hydrogen (secondary N) is 1. The molecular weight excluding hydrogens is 286 g/mol. The summed E-state index contributed by atoms with van der Waals surface area (Å²) in [7, 11) is 0. The number of hydrogen-bond donors (Lipinski definition) is 1. The summed E-state index contributed by atoms with van der Waals surface area (Å²) in [6.07, 6.45) is 6.93. The molecule has 0 amide bonds. The van der Waals surface area contributed by atoms with Crippen molar-refractivity contribution >= 4 is 33.2 Å². The molecule has 1 saturated carbocycles. The van der Waals surface area contributed by atoms with Gasteiger partial charge in [-0.1, -0.05) is 36.9 Å². The van der Waals surface area contributed by atoms with Crippen molar-refractivity contribution in [2.24, 2.45) is 5.92 Å². The van der Waals surface area contributed by atoms with Gasteiger partial charge in [-0.25, -0.2) is 0 Å². The van der Waals surface area contributed by atoms with Crippen molar-refractivity contribution in [2.75, 3.05) is 11.9 Å². The molecule has 1 aliphatic rings. The second-order valence-corrected chi connectivity index (χ2v) is 5.69. The van der Waals surface area contributed by atoms with Crippen LogP contribution in [-0.2, 0) is 0 Å². The van der Waals surface area contributed by atoms with Gasteiger partial charge in [0, 0.05) is 12.2 Å². The van der Waals surface area contributed by atoms with Gasteiger partial charge in [-0.05, 0) is 46.8 Å². The van der Waals surface area contributed by atoms with Crippen LogP contribution in [-0.4, -0.2) is 6.54 Å². The first-order valence-electron chi connectivity index (χ1n) is 5.95. The molecule has 16 heavy (non-hydrogen) atoms. The first kappa shape index (κ1) is 12.3. The molecule has 88 valence electrons. The monoisotopic (exact) mass is 301 g/mol. The zero-order chi connectivity index (χ0) is 11.4. The minimum atomic E-state index is 0.772. The Kier molecular flexibility index (Phi) is 4.54. The maximum atomic E-state index is 6.05. The minimum Gasteiger partial charge on any atom is -0.384 e. The Morgan fingerprint density at radius 3 is 2.75 bits per heavy atom. The summed E-state index contributed by atoms with van der Waals surface area (Å²) in [6, 6.07) is 5.95. The van der Waals surface area contributed by atoms with Crippen LogP contribution in [0, 0.1) is 5.92 Å². The lowest BCUT2D eigenvalue weighted by molar-refractivity contribution is 0.373. The third-order valence-electron chi connectivity index (χ3n) is 3.26. The summed E-state index contributed by atoms with van der Waals surface area (Å²) < 4.78 is 0.979. The summed E-state index contributed by atoms with van der Waals surface area (Å²) in [5.74, 6) is 0.833. The largest absolute Gasteiger partial charge is 0.384 e. The van der Waals surface area contributed by atoms with Crippen LogP contribution in [0.4, 0.5) is 5.69 Å². The minimum absolute atomic E-state index is 0.772. The Bertz CT molecular complexity index is 348. The van der Waals surface area contributed by atoms with Crippen molar-refractivity contribution in [3.05, 3.63) is 27.7 Å². The fraction of sp³-hybridized carbons (Fsp3) is 0.538. The Balaban J connectivity index is 1.91. The molecular formula is C13H17BrClN. The number of anilines is 1. The zero-order valence-corrected chi connectivity index (χ0v) is 11.6. The Labute approximate surface area is 111 Å². The highest BCUT2D eigenvalue weighted by Crippen LogP contribution is 2.31. The molecule has 1 aromatic rings. The van der Waals surface area contributed by atoms with Crippen LogP contribution < -0.4 is 5.32 Å². The molecule has 1 N–H and O–H groups in total. The lowest BCUT2D eigenvalue weighted by Gasteiger charge is -2.22. The van der Waals surface area contributed by atoms with Crippen molar-refractivity contribution in [3.63, 3.8) is 0 Å². The molecule has 2 rings (SSSR count). The lowest BCUT2D eigenvalue weighted by Crippen LogP contribution is -2.17. The normalized spacial score (nSPS) is 17.4. The van der Waals surface area contributed by atoms with E-state index in [1.807, 2.05) is 12.1 Å². The van der Waals surface area contributed by atoms with Gasteiger partial charge in [0.2, 0.25) is 0 Å². The van der Waals surface area contributed by atoms with Crippen molar-refractivity contribution in [3.8, 4) is 0 Å². The summed E-state index contributed by atoms with van der Waals surface area (Å²) in [5, 5.41) is 4.26. The van der Waals surface area contributed by atoms with Gasteiger partial charge in [0.25, 0.3) is 0 Å². The van der Waals surface area contributed by atoms with E-state index < -0.39 is 0 Å². The van der Waals surface area contributed by atoms with Crippen LogP contribution in [0.25, 0.3) is 0 Å². The second kappa shape index (κ2) is 5.92. The Hall–Kier alpha value is -0.210. The highest BCUT2D eigenvalue weighted by molar-refractivity contribution is 9.10. The highest BCUT2D eigenvalue weighted by atomic mass is 79.9. The van der Waals surface area contributed by atoms with Crippen LogP contribution in [0.15, 0.2) is 22.7 Å². The molecule has 0 atom stereocenters. The number of rotatable bonds is 3. The van der Waals surface area contributed by atoms with Crippen LogP contribution in [0.1, 0.15) is 32.1 Å². The van der Waals surface area contributed by atoms with E-state index in [1.165, 1.54) is 32.1 Å². The maximum Gasteiger partial charge on any atom is 0.0593 e. The van der Waals surface area contributed by atoms with Crippen molar-refractivity contribution < 1.29 is 0 Å². The summed E-state index contributed by atoms with van der Waals surface area (Å²) in [4.78, 5) is 0. The predicted molar refractivity (Wildman–Crippen MR) is 74.2 cm³/mol. The maximum absolute atomic E-state index is 6.05. The summed E-state index contributed by atoms with van der Waals surface area (Å²) in [6.45, 7) is 1.07. The van der Waals surface area contributed by atoms with E-state index in [9.17, 15) is 0 Å². The molecule has 1 aliphatic carbocycles. The average Bonchev–Trinajstić information content (AvgIpc) is 2.32. The van der Waals surface area contributed by atoms with Gasteiger partial charge in [-0.2, -0.15) is 0 Å². The van der Waals surface area contributed by atoms with Gasteiger partial charge in [0.1, 0.15) is 0 Å². The van der Waals surface area contributed by atoms with E-state index in [4.69, 9.17) is 11.6 Å². The number of hydrogen-bond acceptors (Lipinski definition) is 1. The van der Waals surface area contributed by atoms with Crippen molar-refractivity contribution in [1.29, 1.82) is 0 Å². The first-order valence-corrected chi connectivity index (χ1v) is 7.12. The van der Waals surface area contributed by atoms with E-state index in [2.05, 4.69) is 27.3 Å². The van der Waals surface area contributed by atoms with Crippen molar-refractivity contribution in [2.45, 2.75) is 32.1 Å². The fourth-order valence-corrected chi connectivity index (χ4v) is 2.86. The summed E-state index contributed by atoms with van der Waals surface area (Å²) >= 11 is 9.56.